The highest BCUT2D eigenvalue weighted by Gasteiger charge is 2.30. The molecule has 0 aliphatic heterocycles. The molecule has 0 spiro atoms. The van der Waals surface area contributed by atoms with E-state index in [0.717, 1.165) is 18.2 Å². The molecule has 0 aliphatic carbocycles. The Hall–Kier alpha value is -3.71. The number of esters is 1. The molecule has 0 saturated carbocycles. The summed E-state index contributed by atoms with van der Waals surface area (Å²) in [5.74, 6) is -1.41. The Morgan fingerprint density at radius 3 is 2.53 bits per heavy atom. The van der Waals surface area contributed by atoms with Gasteiger partial charge in [-0.1, -0.05) is 17.7 Å². The van der Waals surface area contributed by atoms with Gasteiger partial charge in [0.15, 0.2) is 18.1 Å². The summed E-state index contributed by atoms with van der Waals surface area (Å²) in [6.07, 6.45) is -3.42. The lowest BCUT2D eigenvalue weighted by molar-refractivity contribution is -0.143. The Kier molecular flexibility index (Phi) is 8.09. The Morgan fingerprint density at radius 1 is 1.22 bits per heavy atom. The molecular formula is C21H16ClF3N2O5. The van der Waals surface area contributed by atoms with E-state index in [9.17, 15) is 28.0 Å². The lowest BCUT2D eigenvalue weighted by Crippen LogP contribution is -2.14. The third-order valence-electron chi connectivity index (χ3n) is 3.94. The maximum Gasteiger partial charge on any atom is 0.416 e. The number of alkyl halides is 3. The number of hydrogen-bond donors (Lipinski definition) is 1. The smallest absolute Gasteiger partial charge is 0.416 e. The van der Waals surface area contributed by atoms with E-state index in [-0.39, 0.29) is 27.8 Å². The van der Waals surface area contributed by atoms with Crippen LogP contribution in [0.15, 0.2) is 42.0 Å². The first kappa shape index (κ1) is 24.6. The molecule has 0 saturated heterocycles. The number of carbonyl (C=O) groups excluding carboxylic acids is 2. The molecule has 2 aromatic carbocycles. The summed E-state index contributed by atoms with van der Waals surface area (Å²) in [6, 6.07) is 8.43. The average molecular weight is 469 g/mol. The van der Waals surface area contributed by atoms with Crippen LogP contribution in [0, 0.1) is 11.3 Å². The van der Waals surface area contributed by atoms with Gasteiger partial charge in [0.2, 0.25) is 0 Å². The van der Waals surface area contributed by atoms with Gasteiger partial charge in [-0.2, -0.15) is 18.4 Å². The van der Waals surface area contributed by atoms with Gasteiger partial charge >= 0.3 is 12.1 Å². The van der Waals surface area contributed by atoms with Gasteiger partial charge in [0.25, 0.3) is 5.91 Å². The maximum absolute atomic E-state index is 12.8. The van der Waals surface area contributed by atoms with Crippen LogP contribution < -0.4 is 14.8 Å². The van der Waals surface area contributed by atoms with Crippen molar-refractivity contribution in [2.75, 3.05) is 26.1 Å². The van der Waals surface area contributed by atoms with Crippen LogP contribution in [-0.4, -0.2) is 32.7 Å². The molecular weight excluding hydrogens is 453 g/mol. The van der Waals surface area contributed by atoms with E-state index in [2.05, 4.69) is 10.1 Å². The first-order valence-electron chi connectivity index (χ1n) is 8.76. The average Bonchev–Trinajstić information content (AvgIpc) is 2.75. The largest absolute Gasteiger partial charge is 0.493 e. The summed E-state index contributed by atoms with van der Waals surface area (Å²) in [5.41, 5.74) is -1.21. The lowest BCUT2D eigenvalue weighted by Gasteiger charge is -2.13. The van der Waals surface area contributed by atoms with Crippen LogP contribution in [0.3, 0.4) is 0 Å². The van der Waals surface area contributed by atoms with Crippen LogP contribution in [0.2, 0.25) is 5.02 Å². The summed E-state index contributed by atoms with van der Waals surface area (Å²) < 4.78 is 53.4. The van der Waals surface area contributed by atoms with Gasteiger partial charge in [-0.15, -0.1) is 0 Å². The molecule has 168 valence electrons. The fourth-order valence-electron chi connectivity index (χ4n) is 2.44. The van der Waals surface area contributed by atoms with E-state index >= 15 is 0 Å². The van der Waals surface area contributed by atoms with Crippen molar-refractivity contribution >= 4 is 35.2 Å². The molecule has 7 nitrogen and oxygen atoms in total. The standard InChI is InChI=1S/C21H16ClF3N2O5/c1-30-17-8-12(7-16(22)19(17)32-11-18(28)31-2)6-13(10-26)20(29)27-15-5-3-4-14(9-15)21(23,24)25/h3-9H,11H2,1-2H3,(H,27,29)/b13-6-. The molecule has 11 heteroatoms. The summed E-state index contributed by atoms with van der Waals surface area (Å²) >= 11 is 6.16. The third kappa shape index (κ3) is 6.39. The van der Waals surface area contributed by atoms with E-state index in [0.29, 0.717) is 0 Å². The number of benzene rings is 2. The van der Waals surface area contributed by atoms with Crippen molar-refractivity contribution in [1.29, 1.82) is 5.26 Å². The molecule has 0 aliphatic rings. The highest BCUT2D eigenvalue weighted by molar-refractivity contribution is 6.32. The molecule has 2 rings (SSSR count). The van der Waals surface area contributed by atoms with Crippen LogP contribution in [-0.2, 0) is 20.5 Å². The lowest BCUT2D eigenvalue weighted by atomic mass is 10.1. The number of methoxy groups -OCH3 is 2. The number of rotatable bonds is 7. The summed E-state index contributed by atoms with van der Waals surface area (Å²) in [4.78, 5) is 23.7. The predicted molar refractivity (Wildman–Crippen MR) is 109 cm³/mol. The number of hydrogen-bond acceptors (Lipinski definition) is 6. The molecule has 0 radical (unpaired) electrons. The van der Waals surface area contributed by atoms with E-state index < -0.39 is 35.8 Å². The monoisotopic (exact) mass is 468 g/mol. The zero-order valence-electron chi connectivity index (χ0n) is 16.7. The molecule has 0 atom stereocenters. The van der Waals surface area contributed by atoms with E-state index in [1.807, 2.05) is 0 Å². The number of halogens is 4. The van der Waals surface area contributed by atoms with Crippen LogP contribution in [0.25, 0.3) is 6.08 Å². The molecule has 0 heterocycles. The van der Waals surface area contributed by atoms with Gasteiger partial charge < -0.3 is 19.5 Å². The Morgan fingerprint density at radius 2 is 1.94 bits per heavy atom. The van der Waals surface area contributed by atoms with Crippen molar-refractivity contribution in [1.82, 2.24) is 0 Å². The van der Waals surface area contributed by atoms with Gasteiger partial charge in [-0.05, 0) is 42.0 Å². The zero-order valence-corrected chi connectivity index (χ0v) is 17.5. The summed E-state index contributed by atoms with van der Waals surface area (Å²) in [6.45, 7) is -0.426. The SMILES string of the molecule is COC(=O)COc1c(Cl)cc(/C=C(/C#N)C(=O)Nc2cccc(C(F)(F)F)c2)cc1OC. The van der Waals surface area contributed by atoms with Gasteiger partial charge in [0.1, 0.15) is 11.6 Å². The second kappa shape index (κ2) is 10.5. The number of amides is 1. The fourth-order valence-corrected chi connectivity index (χ4v) is 2.71. The topological polar surface area (TPSA) is 97.7 Å². The van der Waals surface area contributed by atoms with Crippen molar-refractivity contribution in [3.05, 3.63) is 58.1 Å². The highest BCUT2D eigenvalue weighted by Crippen LogP contribution is 2.37. The maximum atomic E-state index is 12.8. The minimum absolute atomic E-state index is 0.0232. The number of nitrogens with zero attached hydrogens (tertiary/aromatic N) is 1. The Labute approximate surface area is 185 Å². The number of ether oxygens (including phenoxy) is 3. The zero-order chi connectivity index (χ0) is 23.9. The minimum atomic E-state index is -4.58. The normalized spacial score (nSPS) is 11.3. The van der Waals surface area contributed by atoms with Crippen LogP contribution in [0.5, 0.6) is 11.5 Å². The fraction of sp³-hybridized carbons (Fsp3) is 0.190. The Bertz CT molecular complexity index is 1090. The van der Waals surface area contributed by atoms with Crippen molar-refractivity contribution < 1.29 is 37.0 Å². The van der Waals surface area contributed by atoms with E-state index in [1.54, 1.807) is 6.07 Å². The molecule has 1 N–H and O–H groups in total. The number of anilines is 1. The summed E-state index contributed by atoms with van der Waals surface area (Å²) in [5, 5.41) is 11.6. The van der Waals surface area contributed by atoms with Crippen molar-refractivity contribution in [3.63, 3.8) is 0 Å². The van der Waals surface area contributed by atoms with Crippen molar-refractivity contribution in [2.24, 2.45) is 0 Å². The van der Waals surface area contributed by atoms with E-state index in [4.69, 9.17) is 21.1 Å². The number of carbonyl (C=O) groups is 2. The van der Waals surface area contributed by atoms with Crippen LogP contribution in [0.1, 0.15) is 11.1 Å². The predicted octanol–water partition coefficient (Wildman–Crippen LogP) is 4.46. The van der Waals surface area contributed by atoms with E-state index in [1.165, 1.54) is 38.5 Å². The minimum Gasteiger partial charge on any atom is -0.493 e. The molecule has 0 fully saturated rings. The molecule has 0 aromatic heterocycles. The quantitative estimate of drug-likeness (QED) is 0.366. The van der Waals surface area contributed by atoms with Gasteiger partial charge in [0.05, 0.1) is 24.8 Å². The first-order valence-corrected chi connectivity index (χ1v) is 9.14. The summed E-state index contributed by atoms with van der Waals surface area (Å²) in [7, 11) is 2.50. The molecule has 0 bridgehead atoms. The Balaban J connectivity index is 2.29. The van der Waals surface area contributed by atoms with Crippen LogP contribution >= 0.6 is 11.6 Å². The van der Waals surface area contributed by atoms with Crippen LogP contribution in [0.4, 0.5) is 18.9 Å². The molecule has 2 aromatic rings. The molecule has 32 heavy (non-hydrogen) atoms. The van der Waals surface area contributed by atoms with Crippen molar-refractivity contribution in [2.45, 2.75) is 6.18 Å². The highest BCUT2D eigenvalue weighted by atomic mass is 35.5. The van der Waals surface area contributed by atoms with Crippen molar-refractivity contribution in [3.8, 4) is 17.6 Å². The number of nitrogens with one attached hydrogen (secondary N) is 1. The first-order chi connectivity index (χ1) is 15.1. The molecule has 1 amide bonds. The van der Waals surface area contributed by atoms with Gasteiger partial charge in [-0.25, -0.2) is 4.79 Å². The van der Waals surface area contributed by atoms with Gasteiger partial charge in [0, 0.05) is 5.69 Å². The third-order valence-corrected chi connectivity index (χ3v) is 4.22. The second-order valence-electron chi connectivity index (χ2n) is 6.10. The molecule has 0 unspecified atom stereocenters. The second-order valence-corrected chi connectivity index (χ2v) is 6.51. The number of nitriles is 1. The van der Waals surface area contributed by atoms with Gasteiger partial charge in [-0.3, -0.25) is 4.79 Å².